The summed E-state index contributed by atoms with van der Waals surface area (Å²) >= 11 is 0. The third kappa shape index (κ3) is 4.43. The summed E-state index contributed by atoms with van der Waals surface area (Å²) in [5, 5.41) is 9.36. The number of hydrogen-bond acceptors (Lipinski definition) is 5. The predicted octanol–water partition coefficient (Wildman–Crippen LogP) is 1.97. The fraction of sp³-hybridized carbons (Fsp3) is 0.333. The summed E-state index contributed by atoms with van der Waals surface area (Å²) in [4.78, 5) is 17.7. The average Bonchev–Trinajstić information content (AvgIpc) is 2.95. The first-order valence-electron chi connectivity index (χ1n) is 8.10. The summed E-state index contributed by atoms with van der Waals surface area (Å²) in [6.07, 6.45) is 2.12. The van der Waals surface area contributed by atoms with E-state index in [1.54, 1.807) is 12.3 Å². The summed E-state index contributed by atoms with van der Waals surface area (Å²) in [6.45, 7) is 0.855. The number of hydrogen-bond donors (Lipinski definition) is 1. The van der Waals surface area contributed by atoms with Gasteiger partial charge >= 0.3 is 5.97 Å². The molecule has 0 bridgehead atoms. The lowest BCUT2D eigenvalue weighted by atomic mass is 10.1. The molecule has 1 fully saturated rings. The van der Waals surface area contributed by atoms with Crippen molar-refractivity contribution in [2.45, 2.75) is 25.6 Å². The average molecular weight is 360 g/mol. The zero-order chi connectivity index (χ0) is 17.9. The van der Waals surface area contributed by atoms with Crippen LogP contribution in [0.4, 0.5) is 0 Å². The number of nitrogens with zero attached hydrogens (tertiary/aromatic N) is 2. The van der Waals surface area contributed by atoms with Crippen LogP contribution < -0.4 is 0 Å². The topological polar surface area (TPSA) is 87.6 Å². The van der Waals surface area contributed by atoms with Crippen LogP contribution in [0.3, 0.4) is 0 Å². The van der Waals surface area contributed by atoms with Crippen molar-refractivity contribution >= 4 is 15.8 Å². The summed E-state index contributed by atoms with van der Waals surface area (Å²) in [5.74, 6) is -0.742. The van der Waals surface area contributed by atoms with E-state index in [9.17, 15) is 18.3 Å². The van der Waals surface area contributed by atoms with Crippen molar-refractivity contribution in [1.82, 2.24) is 9.88 Å². The highest BCUT2D eigenvalue weighted by Crippen LogP contribution is 2.22. The number of carboxylic acids is 1. The minimum atomic E-state index is -3.03. The summed E-state index contributed by atoms with van der Waals surface area (Å²) in [7, 11) is -3.03. The molecular weight excluding hydrogens is 340 g/mol. The zero-order valence-electron chi connectivity index (χ0n) is 13.7. The number of pyridine rings is 1. The Labute approximate surface area is 147 Å². The van der Waals surface area contributed by atoms with Crippen LogP contribution in [0, 0.1) is 0 Å². The molecule has 1 aromatic heterocycles. The van der Waals surface area contributed by atoms with E-state index in [4.69, 9.17) is 0 Å². The first kappa shape index (κ1) is 17.6. The fourth-order valence-electron chi connectivity index (χ4n) is 3.15. The number of rotatable bonds is 6. The Hall–Kier alpha value is -2.25. The Bertz CT molecular complexity index is 852. The molecule has 1 aliphatic rings. The normalized spacial score (nSPS) is 19.2. The molecule has 0 radical (unpaired) electrons. The molecule has 6 nitrogen and oxygen atoms in total. The van der Waals surface area contributed by atoms with Gasteiger partial charge in [0.1, 0.15) is 0 Å². The lowest BCUT2D eigenvalue weighted by molar-refractivity contribution is 0.0692. The van der Waals surface area contributed by atoms with Gasteiger partial charge in [-0.05, 0) is 24.1 Å². The van der Waals surface area contributed by atoms with Crippen LogP contribution in [0.25, 0.3) is 0 Å². The molecule has 0 saturated carbocycles. The first-order valence-corrected chi connectivity index (χ1v) is 9.92. The van der Waals surface area contributed by atoms with Gasteiger partial charge in [-0.3, -0.25) is 9.88 Å². The number of carboxylic acid groups (broad SMARTS) is 1. The third-order valence-electron chi connectivity index (χ3n) is 4.43. The molecule has 2 heterocycles. The van der Waals surface area contributed by atoms with E-state index in [1.807, 2.05) is 35.2 Å². The standard InChI is InChI=1S/C18H20N2O4S/c21-18(22)16-7-4-9-19-17(16)12-20(11-14-5-2-1-3-6-14)15-8-10-25(23,24)13-15/h1-7,9,15H,8,10-13H2,(H,21,22)/t15-/m1/s1. The van der Waals surface area contributed by atoms with Gasteiger partial charge in [0.25, 0.3) is 0 Å². The minimum absolute atomic E-state index is 0.106. The van der Waals surface area contributed by atoms with Crippen molar-refractivity contribution in [3.05, 3.63) is 65.5 Å². The van der Waals surface area contributed by atoms with Crippen LogP contribution in [0.2, 0.25) is 0 Å². The third-order valence-corrected chi connectivity index (χ3v) is 6.18. The largest absolute Gasteiger partial charge is 0.478 e. The second-order valence-electron chi connectivity index (χ2n) is 6.25. The molecule has 1 aromatic carbocycles. The molecule has 1 atom stereocenters. The SMILES string of the molecule is O=C(O)c1cccnc1CN(Cc1ccccc1)[C@@H]1CCS(=O)(=O)C1. The van der Waals surface area contributed by atoms with Crippen LogP contribution in [-0.2, 0) is 22.9 Å². The van der Waals surface area contributed by atoms with Crippen LogP contribution in [0.1, 0.15) is 28.0 Å². The van der Waals surface area contributed by atoms with Crippen molar-refractivity contribution in [3.8, 4) is 0 Å². The molecule has 7 heteroatoms. The highest BCUT2D eigenvalue weighted by molar-refractivity contribution is 7.91. The maximum atomic E-state index is 11.9. The Kier molecular flexibility index (Phi) is 5.15. The lowest BCUT2D eigenvalue weighted by Crippen LogP contribution is -2.36. The van der Waals surface area contributed by atoms with Gasteiger partial charge in [0.15, 0.2) is 9.84 Å². The monoisotopic (exact) mass is 360 g/mol. The smallest absolute Gasteiger partial charge is 0.337 e. The van der Waals surface area contributed by atoms with Crippen LogP contribution in [0.15, 0.2) is 48.7 Å². The van der Waals surface area contributed by atoms with Gasteiger partial charge < -0.3 is 5.11 Å². The highest BCUT2D eigenvalue weighted by atomic mass is 32.2. The van der Waals surface area contributed by atoms with Gasteiger partial charge in [-0.2, -0.15) is 0 Å². The molecule has 25 heavy (non-hydrogen) atoms. The molecule has 132 valence electrons. The molecule has 0 spiro atoms. The Morgan fingerprint density at radius 1 is 1.16 bits per heavy atom. The van der Waals surface area contributed by atoms with Crippen LogP contribution in [0.5, 0.6) is 0 Å². The number of aromatic nitrogens is 1. The van der Waals surface area contributed by atoms with Gasteiger partial charge in [0, 0.05) is 25.3 Å². The van der Waals surface area contributed by atoms with E-state index in [-0.39, 0.29) is 23.1 Å². The van der Waals surface area contributed by atoms with Crippen molar-refractivity contribution < 1.29 is 18.3 Å². The number of aromatic carboxylic acids is 1. The molecule has 0 aliphatic carbocycles. The van der Waals surface area contributed by atoms with Crippen LogP contribution in [-0.4, -0.2) is 46.9 Å². The number of carbonyl (C=O) groups is 1. The molecule has 1 saturated heterocycles. The zero-order valence-corrected chi connectivity index (χ0v) is 14.5. The van der Waals surface area contributed by atoms with E-state index in [2.05, 4.69) is 4.98 Å². The van der Waals surface area contributed by atoms with E-state index >= 15 is 0 Å². The number of sulfone groups is 1. The molecule has 1 aliphatic heterocycles. The fourth-order valence-corrected chi connectivity index (χ4v) is 4.91. The molecule has 0 amide bonds. The van der Waals surface area contributed by atoms with Gasteiger partial charge in [0.2, 0.25) is 0 Å². The van der Waals surface area contributed by atoms with E-state index in [0.29, 0.717) is 25.2 Å². The summed E-state index contributed by atoms with van der Waals surface area (Å²) < 4.78 is 23.8. The summed E-state index contributed by atoms with van der Waals surface area (Å²) in [6, 6.07) is 12.7. The first-order chi connectivity index (χ1) is 11.9. The van der Waals surface area contributed by atoms with Crippen molar-refractivity contribution in [3.63, 3.8) is 0 Å². The van der Waals surface area contributed by atoms with Crippen molar-refractivity contribution in [2.75, 3.05) is 11.5 Å². The maximum Gasteiger partial charge on any atom is 0.337 e. The molecule has 1 N–H and O–H groups in total. The lowest BCUT2D eigenvalue weighted by Gasteiger charge is -2.28. The van der Waals surface area contributed by atoms with E-state index in [1.165, 1.54) is 6.07 Å². The quantitative estimate of drug-likeness (QED) is 0.847. The highest BCUT2D eigenvalue weighted by Gasteiger charge is 2.33. The van der Waals surface area contributed by atoms with E-state index in [0.717, 1.165) is 5.56 Å². The molecule has 0 unspecified atom stereocenters. The van der Waals surface area contributed by atoms with Crippen LogP contribution >= 0.6 is 0 Å². The maximum absolute atomic E-state index is 11.9. The Balaban J connectivity index is 1.88. The van der Waals surface area contributed by atoms with Gasteiger partial charge in [0.05, 0.1) is 22.8 Å². The Morgan fingerprint density at radius 2 is 1.92 bits per heavy atom. The van der Waals surface area contributed by atoms with Crippen molar-refractivity contribution in [1.29, 1.82) is 0 Å². The molecular formula is C18H20N2O4S. The second kappa shape index (κ2) is 7.33. The van der Waals surface area contributed by atoms with E-state index < -0.39 is 15.8 Å². The van der Waals surface area contributed by atoms with Gasteiger partial charge in [-0.25, -0.2) is 13.2 Å². The molecule has 3 rings (SSSR count). The molecule has 2 aromatic rings. The van der Waals surface area contributed by atoms with Gasteiger partial charge in [-0.1, -0.05) is 30.3 Å². The van der Waals surface area contributed by atoms with Crippen molar-refractivity contribution in [2.24, 2.45) is 0 Å². The Morgan fingerprint density at radius 3 is 2.56 bits per heavy atom. The minimum Gasteiger partial charge on any atom is -0.478 e. The van der Waals surface area contributed by atoms with Gasteiger partial charge in [-0.15, -0.1) is 0 Å². The second-order valence-corrected chi connectivity index (χ2v) is 8.48. The summed E-state index contributed by atoms with van der Waals surface area (Å²) in [5.41, 5.74) is 1.66. The number of benzene rings is 1. The predicted molar refractivity (Wildman–Crippen MR) is 93.9 cm³/mol.